The molecule has 0 spiro atoms. The molecule has 0 atom stereocenters. The lowest BCUT2D eigenvalue weighted by molar-refractivity contribution is 0.413. The van der Waals surface area contributed by atoms with Gasteiger partial charge < -0.3 is 15.3 Å². The summed E-state index contributed by atoms with van der Waals surface area (Å²) in [5.41, 5.74) is 0.955. The van der Waals surface area contributed by atoms with Crippen LogP contribution < -0.4 is 0 Å². The molecular formula is C11H16O3. The second kappa shape index (κ2) is 4.22. The predicted octanol–water partition coefficient (Wildman–Crippen LogP) is 2.45. The highest BCUT2D eigenvalue weighted by atomic mass is 16.3. The molecule has 0 heterocycles. The van der Waals surface area contributed by atoms with Crippen molar-refractivity contribution in [1.82, 2.24) is 0 Å². The summed E-state index contributed by atoms with van der Waals surface area (Å²) in [7, 11) is 0. The number of benzene rings is 1. The fraction of sp³-hybridized carbons (Fsp3) is 0.455. The highest BCUT2D eigenvalue weighted by Crippen LogP contribution is 2.37. The minimum atomic E-state index is -0.0692. The Bertz CT molecular complexity index is 332. The first-order chi connectivity index (χ1) is 6.57. The van der Waals surface area contributed by atoms with Crippen LogP contribution in [-0.4, -0.2) is 15.3 Å². The van der Waals surface area contributed by atoms with Crippen molar-refractivity contribution in [3.63, 3.8) is 0 Å². The fourth-order valence-corrected chi connectivity index (χ4v) is 1.39. The lowest BCUT2D eigenvalue weighted by atomic mass is 10.0. The van der Waals surface area contributed by atoms with E-state index in [0.717, 1.165) is 12.8 Å². The van der Waals surface area contributed by atoms with Gasteiger partial charge in [-0.25, -0.2) is 0 Å². The van der Waals surface area contributed by atoms with Crippen LogP contribution in [0.3, 0.4) is 0 Å². The van der Waals surface area contributed by atoms with Gasteiger partial charge in [-0.1, -0.05) is 13.3 Å². The summed E-state index contributed by atoms with van der Waals surface area (Å²) in [6, 6.07) is 1.28. The third-order valence-corrected chi connectivity index (χ3v) is 2.39. The van der Waals surface area contributed by atoms with Crippen LogP contribution in [0.1, 0.15) is 30.9 Å². The van der Waals surface area contributed by atoms with Crippen molar-refractivity contribution in [2.75, 3.05) is 0 Å². The first kappa shape index (κ1) is 10.7. The van der Waals surface area contributed by atoms with Gasteiger partial charge in [0.25, 0.3) is 0 Å². The molecular weight excluding hydrogens is 180 g/mol. The number of rotatable bonds is 3. The maximum absolute atomic E-state index is 9.67. The molecule has 3 heteroatoms. The maximum Gasteiger partial charge on any atom is 0.129 e. The normalized spacial score (nSPS) is 10.4. The van der Waals surface area contributed by atoms with Crippen molar-refractivity contribution >= 4 is 0 Å². The number of hydrogen-bond acceptors (Lipinski definition) is 3. The third-order valence-electron chi connectivity index (χ3n) is 2.39. The Labute approximate surface area is 83.6 Å². The Kier molecular flexibility index (Phi) is 3.23. The van der Waals surface area contributed by atoms with Crippen LogP contribution >= 0.6 is 0 Å². The summed E-state index contributed by atoms with van der Waals surface area (Å²) >= 11 is 0. The first-order valence-electron chi connectivity index (χ1n) is 4.81. The van der Waals surface area contributed by atoms with Gasteiger partial charge in [0.1, 0.15) is 17.2 Å². The van der Waals surface area contributed by atoms with Gasteiger partial charge in [0, 0.05) is 17.2 Å². The minimum absolute atomic E-state index is 0.0101. The van der Waals surface area contributed by atoms with E-state index in [2.05, 4.69) is 0 Å². The molecule has 78 valence electrons. The van der Waals surface area contributed by atoms with E-state index in [9.17, 15) is 15.3 Å². The summed E-state index contributed by atoms with van der Waals surface area (Å²) in [6.07, 6.45) is 2.54. The van der Waals surface area contributed by atoms with Crippen molar-refractivity contribution < 1.29 is 15.3 Å². The molecule has 0 aliphatic carbocycles. The van der Waals surface area contributed by atoms with Gasteiger partial charge in [0.2, 0.25) is 0 Å². The van der Waals surface area contributed by atoms with E-state index in [0.29, 0.717) is 17.5 Å². The molecule has 1 rings (SSSR count). The van der Waals surface area contributed by atoms with E-state index in [1.165, 1.54) is 6.07 Å². The number of phenolic OH excluding ortho intramolecular Hbond substituents is 3. The van der Waals surface area contributed by atoms with Crippen LogP contribution in [0.15, 0.2) is 6.07 Å². The zero-order valence-corrected chi connectivity index (χ0v) is 8.54. The van der Waals surface area contributed by atoms with Gasteiger partial charge in [-0.2, -0.15) is 0 Å². The van der Waals surface area contributed by atoms with Crippen molar-refractivity contribution in [3.8, 4) is 17.2 Å². The molecule has 0 aliphatic rings. The van der Waals surface area contributed by atoms with Gasteiger partial charge >= 0.3 is 0 Å². The van der Waals surface area contributed by atoms with E-state index in [1.54, 1.807) is 6.92 Å². The average Bonchev–Trinajstić information content (AvgIpc) is 2.14. The summed E-state index contributed by atoms with van der Waals surface area (Å²) in [4.78, 5) is 0. The second-order valence-corrected chi connectivity index (χ2v) is 3.47. The Balaban J connectivity index is 3.09. The van der Waals surface area contributed by atoms with E-state index >= 15 is 0 Å². The Morgan fingerprint density at radius 2 is 1.79 bits per heavy atom. The van der Waals surface area contributed by atoms with Gasteiger partial charge in [0.05, 0.1) is 0 Å². The van der Waals surface area contributed by atoms with Crippen LogP contribution in [-0.2, 0) is 6.42 Å². The van der Waals surface area contributed by atoms with Crippen LogP contribution in [0.25, 0.3) is 0 Å². The van der Waals surface area contributed by atoms with Gasteiger partial charge in [-0.15, -0.1) is 0 Å². The molecule has 0 saturated heterocycles. The van der Waals surface area contributed by atoms with Crippen LogP contribution in [0.5, 0.6) is 17.2 Å². The summed E-state index contributed by atoms with van der Waals surface area (Å²) in [5, 5.41) is 28.5. The highest BCUT2D eigenvalue weighted by Gasteiger charge is 2.13. The molecule has 3 nitrogen and oxygen atoms in total. The van der Waals surface area contributed by atoms with Gasteiger partial charge in [0.15, 0.2) is 0 Å². The number of hydrogen-bond donors (Lipinski definition) is 3. The number of aromatic hydroxyl groups is 3. The molecule has 0 aromatic heterocycles. The molecule has 0 amide bonds. The van der Waals surface area contributed by atoms with Gasteiger partial charge in [-0.05, 0) is 19.8 Å². The maximum atomic E-state index is 9.67. The topological polar surface area (TPSA) is 60.7 Å². The highest BCUT2D eigenvalue weighted by molar-refractivity contribution is 5.54. The zero-order valence-electron chi connectivity index (χ0n) is 8.54. The predicted molar refractivity (Wildman–Crippen MR) is 54.8 cm³/mol. The van der Waals surface area contributed by atoms with Crippen molar-refractivity contribution in [1.29, 1.82) is 0 Å². The van der Waals surface area contributed by atoms with E-state index in [1.807, 2.05) is 6.92 Å². The monoisotopic (exact) mass is 196 g/mol. The average molecular weight is 196 g/mol. The molecule has 0 bridgehead atoms. The summed E-state index contributed by atoms with van der Waals surface area (Å²) < 4.78 is 0. The molecule has 1 aromatic carbocycles. The molecule has 0 fully saturated rings. The van der Waals surface area contributed by atoms with E-state index in [4.69, 9.17) is 0 Å². The minimum Gasteiger partial charge on any atom is -0.507 e. The lowest BCUT2D eigenvalue weighted by Gasteiger charge is -2.10. The standard InChI is InChI=1S/C11H16O3/c1-3-4-5-8-10(13)6-9(12)7(2)11(8)14/h6,12-14H,3-5H2,1-2H3. The fourth-order valence-electron chi connectivity index (χ4n) is 1.39. The van der Waals surface area contributed by atoms with Crippen LogP contribution in [0.4, 0.5) is 0 Å². The largest absolute Gasteiger partial charge is 0.507 e. The van der Waals surface area contributed by atoms with Crippen LogP contribution in [0, 0.1) is 6.92 Å². The number of phenols is 3. The summed E-state index contributed by atoms with van der Waals surface area (Å²) in [6.45, 7) is 3.67. The summed E-state index contributed by atoms with van der Waals surface area (Å²) in [5.74, 6) is -0.0877. The molecule has 1 aromatic rings. The Morgan fingerprint density at radius 1 is 1.14 bits per heavy atom. The zero-order chi connectivity index (χ0) is 10.7. The molecule has 0 aliphatic heterocycles. The van der Waals surface area contributed by atoms with Crippen molar-refractivity contribution in [2.45, 2.75) is 33.1 Å². The van der Waals surface area contributed by atoms with Gasteiger partial charge in [-0.3, -0.25) is 0 Å². The SMILES string of the molecule is CCCCc1c(O)cc(O)c(C)c1O. The molecule has 0 unspecified atom stereocenters. The van der Waals surface area contributed by atoms with Crippen molar-refractivity contribution in [2.24, 2.45) is 0 Å². The molecule has 0 radical (unpaired) electrons. The Morgan fingerprint density at radius 3 is 2.36 bits per heavy atom. The van der Waals surface area contributed by atoms with Crippen molar-refractivity contribution in [3.05, 3.63) is 17.2 Å². The quantitative estimate of drug-likeness (QED) is 0.695. The molecule has 0 saturated carbocycles. The number of unbranched alkanes of at least 4 members (excludes halogenated alkanes) is 1. The third kappa shape index (κ3) is 1.92. The Hall–Kier alpha value is -1.38. The molecule has 3 N–H and O–H groups in total. The van der Waals surface area contributed by atoms with E-state index < -0.39 is 0 Å². The van der Waals surface area contributed by atoms with E-state index in [-0.39, 0.29) is 17.2 Å². The van der Waals surface area contributed by atoms with Crippen LogP contribution in [0.2, 0.25) is 0 Å². The first-order valence-corrected chi connectivity index (χ1v) is 4.81. The second-order valence-electron chi connectivity index (χ2n) is 3.47. The smallest absolute Gasteiger partial charge is 0.129 e. The lowest BCUT2D eigenvalue weighted by Crippen LogP contribution is -1.90. The molecule has 14 heavy (non-hydrogen) atoms.